The third-order valence-corrected chi connectivity index (χ3v) is 5.29. The molecule has 28 heavy (non-hydrogen) atoms. The van der Waals surface area contributed by atoms with Crippen molar-refractivity contribution in [3.05, 3.63) is 89.7 Å². The predicted octanol–water partition coefficient (Wildman–Crippen LogP) is 4.27. The van der Waals surface area contributed by atoms with E-state index >= 15 is 0 Å². The lowest BCUT2D eigenvalue weighted by atomic mass is 9.99. The molecule has 3 aromatic rings. The van der Waals surface area contributed by atoms with Crippen LogP contribution in [0.4, 0.5) is 10.1 Å². The van der Waals surface area contributed by atoms with Crippen LogP contribution < -0.4 is 4.90 Å². The Labute approximate surface area is 165 Å². The fraction of sp³-hybridized carbons (Fsp3) is 0.208. The van der Waals surface area contributed by atoms with E-state index in [0.29, 0.717) is 5.56 Å². The molecule has 1 heterocycles. The van der Waals surface area contributed by atoms with E-state index < -0.39 is 0 Å². The molecule has 0 atom stereocenters. The third-order valence-electron chi connectivity index (χ3n) is 5.29. The monoisotopic (exact) mass is 373 g/mol. The van der Waals surface area contributed by atoms with Gasteiger partial charge in [0.2, 0.25) is 6.29 Å². The normalized spacial score (nSPS) is 14.8. The SMILES string of the molecule is O=[C]c1ccc(N2CCN(Cc3ccccc3-c3ccc(F)cc3)CC2)cc1. The zero-order valence-corrected chi connectivity index (χ0v) is 15.6. The molecule has 1 aliphatic heterocycles. The van der Waals surface area contributed by atoms with E-state index in [0.717, 1.165) is 49.5 Å². The molecule has 0 unspecified atom stereocenters. The van der Waals surface area contributed by atoms with Crippen LogP contribution in [0.25, 0.3) is 11.1 Å². The molecule has 0 aromatic heterocycles. The van der Waals surface area contributed by atoms with Gasteiger partial charge in [0.1, 0.15) is 5.82 Å². The highest BCUT2D eigenvalue weighted by Crippen LogP contribution is 2.26. The van der Waals surface area contributed by atoms with E-state index in [-0.39, 0.29) is 5.82 Å². The number of halogens is 1. The summed E-state index contributed by atoms with van der Waals surface area (Å²) in [5.41, 5.74) is 5.19. The van der Waals surface area contributed by atoms with E-state index in [9.17, 15) is 9.18 Å². The van der Waals surface area contributed by atoms with Crippen LogP contribution in [0.5, 0.6) is 0 Å². The van der Waals surface area contributed by atoms with Crippen molar-refractivity contribution in [3.8, 4) is 11.1 Å². The van der Waals surface area contributed by atoms with E-state index in [1.165, 1.54) is 17.7 Å². The second kappa shape index (κ2) is 8.36. The van der Waals surface area contributed by atoms with Gasteiger partial charge in [0.15, 0.2) is 0 Å². The van der Waals surface area contributed by atoms with Gasteiger partial charge in [-0.3, -0.25) is 9.69 Å². The Morgan fingerprint density at radius 2 is 1.50 bits per heavy atom. The van der Waals surface area contributed by atoms with Crippen molar-refractivity contribution in [3.63, 3.8) is 0 Å². The summed E-state index contributed by atoms with van der Waals surface area (Å²) in [7, 11) is 0. The Morgan fingerprint density at radius 1 is 0.821 bits per heavy atom. The first-order chi connectivity index (χ1) is 13.7. The van der Waals surface area contributed by atoms with Crippen LogP contribution in [0.15, 0.2) is 72.8 Å². The number of hydrogen-bond donors (Lipinski definition) is 0. The van der Waals surface area contributed by atoms with Gasteiger partial charge in [-0.2, -0.15) is 0 Å². The molecule has 0 N–H and O–H groups in total. The standard InChI is InChI=1S/C24H22FN2O/c25-22-9-7-20(8-10-22)24-4-2-1-3-21(24)17-26-13-15-27(16-14-26)23-11-5-19(18-28)6-12-23/h1-12H,13-17H2. The summed E-state index contributed by atoms with van der Waals surface area (Å²) in [4.78, 5) is 15.5. The highest BCUT2D eigenvalue weighted by atomic mass is 19.1. The molecule has 0 saturated carbocycles. The molecule has 1 saturated heterocycles. The van der Waals surface area contributed by atoms with Crippen molar-refractivity contribution >= 4 is 12.0 Å². The first-order valence-corrected chi connectivity index (χ1v) is 9.52. The number of carbonyl (C=O) groups excluding carboxylic acids is 1. The second-order valence-electron chi connectivity index (χ2n) is 7.08. The summed E-state index contributed by atoms with van der Waals surface area (Å²) in [5, 5.41) is 0. The number of anilines is 1. The van der Waals surface area contributed by atoms with Crippen LogP contribution in [0.2, 0.25) is 0 Å². The van der Waals surface area contributed by atoms with Gasteiger partial charge < -0.3 is 4.90 Å². The van der Waals surface area contributed by atoms with E-state index in [1.54, 1.807) is 0 Å². The van der Waals surface area contributed by atoms with Crippen molar-refractivity contribution in [1.29, 1.82) is 0 Å². The molecular formula is C24H22FN2O. The number of hydrogen-bond acceptors (Lipinski definition) is 3. The molecule has 0 amide bonds. The predicted molar refractivity (Wildman–Crippen MR) is 111 cm³/mol. The van der Waals surface area contributed by atoms with Gasteiger partial charge in [-0.05, 0) is 53.1 Å². The Morgan fingerprint density at radius 3 is 2.18 bits per heavy atom. The molecular weight excluding hydrogens is 351 g/mol. The number of nitrogens with zero attached hydrogens (tertiary/aromatic N) is 2. The van der Waals surface area contributed by atoms with Crippen LogP contribution in [0.1, 0.15) is 11.1 Å². The lowest BCUT2D eigenvalue weighted by Crippen LogP contribution is -2.46. The number of benzene rings is 3. The maximum absolute atomic E-state index is 13.3. The minimum Gasteiger partial charge on any atom is -0.369 e. The molecule has 0 aliphatic carbocycles. The topological polar surface area (TPSA) is 23.6 Å². The van der Waals surface area contributed by atoms with Crippen molar-refractivity contribution < 1.29 is 9.18 Å². The summed E-state index contributed by atoms with van der Waals surface area (Å²) >= 11 is 0. The van der Waals surface area contributed by atoms with Crippen molar-refractivity contribution in [2.45, 2.75) is 6.54 Å². The number of rotatable bonds is 5. The van der Waals surface area contributed by atoms with Crippen molar-refractivity contribution in [1.82, 2.24) is 4.90 Å². The second-order valence-corrected chi connectivity index (χ2v) is 7.08. The van der Waals surface area contributed by atoms with Gasteiger partial charge in [-0.25, -0.2) is 4.39 Å². The average molecular weight is 373 g/mol. The summed E-state index contributed by atoms with van der Waals surface area (Å²) < 4.78 is 13.3. The van der Waals surface area contributed by atoms with Crippen LogP contribution in [-0.2, 0) is 11.3 Å². The zero-order chi connectivity index (χ0) is 19.3. The summed E-state index contributed by atoms with van der Waals surface area (Å²) in [5.74, 6) is -0.212. The molecule has 1 fully saturated rings. The Bertz CT molecular complexity index is 930. The molecule has 4 rings (SSSR count). The largest absolute Gasteiger partial charge is 0.369 e. The summed E-state index contributed by atoms with van der Waals surface area (Å²) in [6.45, 7) is 4.71. The maximum Gasteiger partial charge on any atom is 0.233 e. The minimum atomic E-state index is -0.212. The van der Waals surface area contributed by atoms with Gasteiger partial charge in [0, 0.05) is 44.0 Å². The smallest absolute Gasteiger partial charge is 0.233 e. The van der Waals surface area contributed by atoms with E-state index in [2.05, 4.69) is 28.0 Å². The molecule has 0 bridgehead atoms. The van der Waals surface area contributed by atoms with Crippen LogP contribution in [-0.4, -0.2) is 37.4 Å². The molecule has 3 aromatic carbocycles. The highest BCUT2D eigenvalue weighted by molar-refractivity contribution is 5.76. The zero-order valence-electron chi connectivity index (χ0n) is 15.6. The van der Waals surface area contributed by atoms with Gasteiger partial charge >= 0.3 is 0 Å². The van der Waals surface area contributed by atoms with Gasteiger partial charge in [0.05, 0.1) is 0 Å². The molecule has 3 nitrogen and oxygen atoms in total. The molecule has 0 spiro atoms. The van der Waals surface area contributed by atoms with Gasteiger partial charge in [-0.15, -0.1) is 0 Å². The Balaban J connectivity index is 1.42. The molecule has 4 heteroatoms. The summed E-state index contributed by atoms with van der Waals surface area (Å²) in [6.07, 6.45) is 1.92. The maximum atomic E-state index is 13.3. The van der Waals surface area contributed by atoms with Crippen LogP contribution in [0.3, 0.4) is 0 Å². The third kappa shape index (κ3) is 4.12. The lowest BCUT2D eigenvalue weighted by Gasteiger charge is -2.36. The Kier molecular flexibility index (Phi) is 5.49. The van der Waals surface area contributed by atoms with E-state index in [4.69, 9.17) is 0 Å². The quantitative estimate of drug-likeness (QED) is 0.667. The molecule has 1 aliphatic rings. The minimum absolute atomic E-state index is 0.212. The average Bonchev–Trinajstić information content (AvgIpc) is 2.75. The summed E-state index contributed by atoms with van der Waals surface area (Å²) in [6, 6.07) is 22.6. The molecule has 141 valence electrons. The number of piperazine rings is 1. The highest BCUT2D eigenvalue weighted by Gasteiger charge is 2.18. The Hall–Kier alpha value is -2.98. The van der Waals surface area contributed by atoms with Crippen molar-refractivity contribution in [2.75, 3.05) is 31.1 Å². The first-order valence-electron chi connectivity index (χ1n) is 9.52. The van der Waals surface area contributed by atoms with Gasteiger partial charge in [0.25, 0.3) is 0 Å². The lowest BCUT2D eigenvalue weighted by molar-refractivity contribution is 0.250. The fourth-order valence-electron chi connectivity index (χ4n) is 3.71. The van der Waals surface area contributed by atoms with Crippen molar-refractivity contribution in [2.24, 2.45) is 0 Å². The fourth-order valence-corrected chi connectivity index (χ4v) is 3.71. The van der Waals surface area contributed by atoms with E-state index in [1.807, 2.05) is 48.8 Å². The van der Waals surface area contributed by atoms with Crippen LogP contribution in [0, 0.1) is 5.82 Å². The molecule has 1 radical (unpaired) electrons. The first kappa shape index (κ1) is 18.4. The van der Waals surface area contributed by atoms with Crippen LogP contribution >= 0.6 is 0 Å². The van der Waals surface area contributed by atoms with Gasteiger partial charge in [-0.1, -0.05) is 36.4 Å².